The summed E-state index contributed by atoms with van der Waals surface area (Å²) in [6.45, 7) is 5.37. The summed E-state index contributed by atoms with van der Waals surface area (Å²) in [5.74, 6) is -0.0873. The summed E-state index contributed by atoms with van der Waals surface area (Å²) < 4.78 is 14.8. The zero-order valence-electron chi connectivity index (χ0n) is 11.1. The third-order valence-corrected chi connectivity index (χ3v) is 4.78. The van der Waals surface area contributed by atoms with Gasteiger partial charge in [0.15, 0.2) is 0 Å². The van der Waals surface area contributed by atoms with Crippen molar-refractivity contribution in [2.75, 3.05) is 26.2 Å². The molecular weight excluding hydrogens is 307 g/mol. The van der Waals surface area contributed by atoms with E-state index in [0.29, 0.717) is 6.04 Å². The third kappa shape index (κ3) is 3.18. The first-order valence-electron chi connectivity index (χ1n) is 7.13. The first kappa shape index (κ1) is 13.5. The highest BCUT2D eigenvalue weighted by Gasteiger charge is 2.28. The Kier molecular flexibility index (Phi) is 4.20. The van der Waals surface area contributed by atoms with Crippen LogP contribution in [0.4, 0.5) is 4.39 Å². The molecule has 1 atom stereocenters. The normalized spacial score (nSPS) is 25.3. The second kappa shape index (κ2) is 5.90. The molecule has 1 aromatic rings. The fourth-order valence-corrected chi connectivity index (χ4v) is 3.74. The van der Waals surface area contributed by atoms with Gasteiger partial charge in [-0.3, -0.25) is 9.80 Å². The van der Waals surface area contributed by atoms with E-state index < -0.39 is 0 Å². The Morgan fingerprint density at radius 1 is 1.21 bits per heavy atom. The highest BCUT2D eigenvalue weighted by molar-refractivity contribution is 9.10. The largest absolute Gasteiger partial charge is 0.299 e. The highest BCUT2D eigenvalue weighted by atomic mass is 79.9. The molecule has 2 nitrogen and oxygen atoms in total. The average molecular weight is 327 g/mol. The maximum atomic E-state index is 13.8. The molecule has 0 spiro atoms. The topological polar surface area (TPSA) is 6.48 Å². The number of fused-ring (bicyclic) bond motifs is 1. The van der Waals surface area contributed by atoms with Crippen molar-refractivity contribution in [2.24, 2.45) is 0 Å². The van der Waals surface area contributed by atoms with E-state index in [1.165, 1.54) is 32.4 Å². The third-order valence-electron chi connectivity index (χ3n) is 4.29. The van der Waals surface area contributed by atoms with Crippen LogP contribution >= 0.6 is 15.9 Å². The van der Waals surface area contributed by atoms with Crippen molar-refractivity contribution in [3.8, 4) is 0 Å². The van der Waals surface area contributed by atoms with Gasteiger partial charge < -0.3 is 0 Å². The number of benzene rings is 1. The van der Waals surface area contributed by atoms with Crippen molar-refractivity contribution in [2.45, 2.75) is 31.8 Å². The molecular formula is C15H20BrFN2. The molecule has 2 fully saturated rings. The van der Waals surface area contributed by atoms with E-state index in [2.05, 4.69) is 25.7 Å². The van der Waals surface area contributed by atoms with Gasteiger partial charge in [-0.1, -0.05) is 15.9 Å². The lowest BCUT2D eigenvalue weighted by atomic mass is 10.1. The monoisotopic (exact) mass is 326 g/mol. The summed E-state index contributed by atoms with van der Waals surface area (Å²) in [6, 6.07) is 5.92. The van der Waals surface area contributed by atoms with E-state index in [1.807, 2.05) is 6.07 Å². The van der Waals surface area contributed by atoms with Crippen molar-refractivity contribution < 1.29 is 4.39 Å². The van der Waals surface area contributed by atoms with Crippen molar-refractivity contribution >= 4 is 15.9 Å². The summed E-state index contributed by atoms with van der Waals surface area (Å²) in [7, 11) is 0. The van der Waals surface area contributed by atoms with E-state index in [-0.39, 0.29) is 5.82 Å². The molecule has 0 saturated carbocycles. The van der Waals surface area contributed by atoms with Gasteiger partial charge in [-0.25, -0.2) is 4.39 Å². The van der Waals surface area contributed by atoms with Crippen LogP contribution in [0.2, 0.25) is 0 Å². The molecule has 0 unspecified atom stereocenters. The second-order valence-electron chi connectivity index (χ2n) is 5.66. The number of halogens is 2. The molecule has 0 aromatic heterocycles. The summed E-state index contributed by atoms with van der Waals surface area (Å²) in [6.07, 6.45) is 3.83. The highest BCUT2D eigenvalue weighted by Crippen LogP contribution is 2.23. The van der Waals surface area contributed by atoms with Crippen molar-refractivity contribution in [1.29, 1.82) is 0 Å². The molecule has 4 heteroatoms. The number of rotatable bonds is 2. The molecule has 2 aliphatic heterocycles. The Hall–Kier alpha value is -0.450. The average Bonchev–Trinajstić information content (AvgIpc) is 2.73. The van der Waals surface area contributed by atoms with E-state index in [0.717, 1.165) is 29.7 Å². The fraction of sp³-hybridized carbons (Fsp3) is 0.600. The van der Waals surface area contributed by atoms with Crippen molar-refractivity contribution in [3.05, 3.63) is 34.1 Å². The van der Waals surface area contributed by atoms with Crippen LogP contribution in [0.25, 0.3) is 0 Å². The van der Waals surface area contributed by atoms with E-state index in [1.54, 1.807) is 12.1 Å². The molecule has 0 aliphatic carbocycles. The predicted octanol–water partition coefficient (Wildman–Crippen LogP) is 3.26. The maximum Gasteiger partial charge on any atom is 0.127 e. The Morgan fingerprint density at radius 3 is 2.95 bits per heavy atom. The minimum Gasteiger partial charge on any atom is -0.299 e. The van der Waals surface area contributed by atoms with Gasteiger partial charge in [0.05, 0.1) is 0 Å². The smallest absolute Gasteiger partial charge is 0.127 e. The standard InChI is InChI=1S/C15H20BrFN2/c16-13-4-5-15(17)12(9-13)10-18-6-2-8-19-7-1-3-14(19)11-18/h4-5,9,14H,1-3,6-8,10-11H2/t14-/m0/s1. The van der Waals surface area contributed by atoms with Crippen LogP contribution in [0, 0.1) is 5.82 Å². The van der Waals surface area contributed by atoms with Crippen LogP contribution in [0.15, 0.2) is 22.7 Å². The molecule has 1 aromatic carbocycles. The van der Waals surface area contributed by atoms with Gasteiger partial charge in [0, 0.05) is 29.2 Å². The molecule has 19 heavy (non-hydrogen) atoms. The molecule has 2 aliphatic rings. The summed E-state index contributed by atoms with van der Waals surface area (Å²) in [4.78, 5) is 5.03. The summed E-state index contributed by atoms with van der Waals surface area (Å²) in [5, 5.41) is 0. The van der Waals surface area contributed by atoms with Gasteiger partial charge in [-0.2, -0.15) is 0 Å². The molecule has 0 amide bonds. The van der Waals surface area contributed by atoms with Gasteiger partial charge in [0.25, 0.3) is 0 Å². The van der Waals surface area contributed by atoms with Crippen LogP contribution in [0.5, 0.6) is 0 Å². The Labute approximate surface area is 122 Å². The predicted molar refractivity (Wildman–Crippen MR) is 78.6 cm³/mol. The zero-order chi connectivity index (χ0) is 13.2. The summed E-state index contributed by atoms with van der Waals surface area (Å²) in [5.41, 5.74) is 0.806. The lowest BCUT2D eigenvalue weighted by Crippen LogP contribution is -2.36. The maximum absolute atomic E-state index is 13.8. The van der Waals surface area contributed by atoms with E-state index in [9.17, 15) is 4.39 Å². The van der Waals surface area contributed by atoms with Gasteiger partial charge in [0.2, 0.25) is 0 Å². The lowest BCUT2D eigenvalue weighted by molar-refractivity contribution is 0.214. The lowest BCUT2D eigenvalue weighted by Gasteiger charge is -2.25. The van der Waals surface area contributed by atoms with E-state index >= 15 is 0 Å². The first-order valence-corrected chi connectivity index (χ1v) is 7.92. The van der Waals surface area contributed by atoms with Gasteiger partial charge in [-0.05, 0) is 57.1 Å². The van der Waals surface area contributed by atoms with Gasteiger partial charge >= 0.3 is 0 Å². The summed E-state index contributed by atoms with van der Waals surface area (Å²) >= 11 is 3.43. The van der Waals surface area contributed by atoms with Crippen molar-refractivity contribution in [1.82, 2.24) is 9.80 Å². The zero-order valence-corrected chi connectivity index (χ0v) is 12.7. The van der Waals surface area contributed by atoms with Gasteiger partial charge in [-0.15, -0.1) is 0 Å². The second-order valence-corrected chi connectivity index (χ2v) is 6.57. The van der Waals surface area contributed by atoms with Crippen LogP contribution in [0.1, 0.15) is 24.8 Å². The van der Waals surface area contributed by atoms with Gasteiger partial charge in [0.1, 0.15) is 5.82 Å². The fourth-order valence-electron chi connectivity index (χ4n) is 3.33. The number of hydrogen-bond acceptors (Lipinski definition) is 2. The van der Waals surface area contributed by atoms with Crippen molar-refractivity contribution in [3.63, 3.8) is 0 Å². The van der Waals surface area contributed by atoms with Crippen LogP contribution in [0.3, 0.4) is 0 Å². The van der Waals surface area contributed by atoms with Crippen LogP contribution in [-0.2, 0) is 6.54 Å². The molecule has 2 heterocycles. The van der Waals surface area contributed by atoms with Crippen LogP contribution in [-0.4, -0.2) is 42.0 Å². The number of hydrogen-bond donors (Lipinski definition) is 0. The first-order chi connectivity index (χ1) is 9.22. The Bertz CT molecular complexity index is 452. The molecule has 104 valence electrons. The molecule has 0 N–H and O–H groups in total. The minimum atomic E-state index is -0.0873. The number of nitrogens with zero attached hydrogens (tertiary/aromatic N) is 2. The quantitative estimate of drug-likeness (QED) is 0.823. The SMILES string of the molecule is Fc1ccc(Br)cc1CN1CCCN2CCC[C@H]2C1. The van der Waals surface area contributed by atoms with Crippen LogP contribution < -0.4 is 0 Å². The molecule has 2 saturated heterocycles. The Morgan fingerprint density at radius 2 is 2.05 bits per heavy atom. The molecule has 3 rings (SSSR count). The molecule has 0 bridgehead atoms. The molecule has 0 radical (unpaired) electrons. The minimum absolute atomic E-state index is 0.0873. The van der Waals surface area contributed by atoms with E-state index in [4.69, 9.17) is 0 Å². The Balaban J connectivity index is 1.70.